The zero-order valence-electron chi connectivity index (χ0n) is 17.9. The molecule has 0 radical (unpaired) electrons. The predicted octanol–water partition coefficient (Wildman–Crippen LogP) is 3.86. The average Bonchev–Trinajstić information content (AvgIpc) is 3.18. The third-order valence-electron chi connectivity index (χ3n) is 6.81. The third-order valence-corrected chi connectivity index (χ3v) is 7.06. The first-order chi connectivity index (χ1) is 14.2. The van der Waals surface area contributed by atoms with E-state index < -0.39 is 6.04 Å². The Morgan fingerprint density at radius 2 is 2.03 bits per heavy atom. The van der Waals surface area contributed by atoms with Crippen LogP contribution >= 0.6 is 11.6 Å². The number of carbonyl (C=O) groups is 1. The van der Waals surface area contributed by atoms with Gasteiger partial charge in [0.1, 0.15) is 5.84 Å². The number of hydrogen-bond donors (Lipinski definition) is 3. The van der Waals surface area contributed by atoms with Crippen LogP contribution in [0.25, 0.3) is 0 Å². The number of fused-ring (bicyclic) bond motifs is 2. The number of nitrogens with zero attached hydrogens (tertiary/aromatic N) is 3. The molecule has 7 nitrogen and oxygen atoms in total. The molecule has 4 unspecified atom stereocenters. The summed E-state index contributed by atoms with van der Waals surface area (Å²) in [6.45, 7) is 7.06. The Kier molecular flexibility index (Phi) is 6.82. The molecule has 2 aliphatic carbocycles. The minimum absolute atomic E-state index is 0.00986. The van der Waals surface area contributed by atoms with Crippen LogP contribution < -0.4 is 11.1 Å². The summed E-state index contributed by atoms with van der Waals surface area (Å²) in [5, 5.41) is 21.2. The molecule has 3 rings (SSSR count). The molecule has 164 valence electrons. The third kappa shape index (κ3) is 4.67. The van der Waals surface area contributed by atoms with Crippen molar-refractivity contribution < 1.29 is 9.90 Å². The first-order valence-corrected chi connectivity index (χ1v) is 10.9. The highest BCUT2D eigenvalue weighted by atomic mass is 35.5. The number of azo groups is 1. The van der Waals surface area contributed by atoms with Crippen molar-refractivity contribution in [3.05, 3.63) is 29.3 Å². The molecule has 0 spiro atoms. The molecule has 2 saturated carbocycles. The van der Waals surface area contributed by atoms with Gasteiger partial charge in [0, 0.05) is 24.2 Å². The molecule has 2 fully saturated rings. The highest BCUT2D eigenvalue weighted by molar-refractivity contribution is 6.30. The van der Waals surface area contributed by atoms with Gasteiger partial charge in [-0.1, -0.05) is 32.4 Å². The molecule has 0 saturated heterocycles. The highest BCUT2D eigenvalue weighted by Gasteiger charge is 2.60. The SMILES string of the molecule is CC12CCC(C1)C(C)(C)C2NC(=O)C(N=Nc1ccc(Cl)cc1)C(N)=NCCCO. The van der Waals surface area contributed by atoms with E-state index >= 15 is 0 Å². The van der Waals surface area contributed by atoms with E-state index in [1.54, 1.807) is 24.3 Å². The standard InChI is InChI=1S/C22H32ClN5O2/c1-21(2)14-9-10-22(3,13-14)20(21)26-19(30)17(18(24)25-11-4-12-29)28-27-16-7-5-15(23)6-8-16/h5-8,14,17,20,29H,4,9-13H2,1-3H3,(H2,24,25)(H,26,30). The summed E-state index contributed by atoms with van der Waals surface area (Å²) in [6, 6.07) is 5.90. The van der Waals surface area contributed by atoms with Gasteiger partial charge in [0.15, 0.2) is 0 Å². The second kappa shape index (κ2) is 9.02. The Labute approximate surface area is 183 Å². The molecule has 0 heterocycles. The molecule has 1 aromatic carbocycles. The molecule has 4 atom stereocenters. The number of rotatable bonds is 8. The number of aliphatic imine (C=N–C) groups is 1. The fraction of sp³-hybridized carbons (Fsp3) is 0.636. The largest absolute Gasteiger partial charge is 0.396 e. The fourth-order valence-corrected chi connectivity index (χ4v) is 5.25. The first kappa shape index (κ1) is 22.7. The number of aliphatic hydroxyl groups excluding tert-OH is 1. The number of hydrogen-bond acceptors (Lipinski definition) is 5. The van der Waals surface area contributed by atoms with Crippen molar-refractivity contribution in [3.63, 3.8) is 0 Å². The Morgan fingerprint density at radius 3 is 2.63 bits per heavy atom. The molecule has 8 heteroatoms. The minimum atomic E-state index is -1.02. The lowest BCUT2D eigenvalue weighted by Gasteiger charge is -2.43. The fourth-order valence-electron chi connectivity index (χ4n) is 5.13. The number of amides is 1. The second-order valence-electron chi connectivity index (χ2n) is 9.33. The number of amidine groups is 1. The van der Waals surface area contributed by atoms with Gasteiger partial charge in [-0.05, 0) is 66.7 Å². The monoisotopic (exact) mass is 433 g/mol. The molecular formula is C22H32ClN5O2. The van der Waals surface area contributed by atoms with Crippen LogP contribution in [-0.2, 0) is 4.79 Å². The van der Waals surface area contributed by atoms with Gasteiger partial charge in [0.2, 0.25) is 6.04 Å². The van der Waals surface area contributed by atoms with Crippen LogP contribution in [0.2, 0.25) is 5.02 Å². The van der Waals surface area contributed by atoms with Crippen LogP contribution in [0.3, 0.4) is 0 Å². The Balaban J connectivity index is 1.81. The van der Waals surface area contributed by atoms with E-state index in [0.29, 0.717) is 29.6 Å². The molecule has 1 aromatic rings. The number of aliphatic hydroxyl groups is 1. The number of halogens is 1. The lowest BCUT2D eigenvalue weighted by atomic mass is 9.68. The van der Waals surface area contributed by atoms with E-state index in [1.165, 1.54) is 6.42 Å². The predicted molar refractivity (Wildman–Crippen MR) is 119 cm³/mol. The molecule has 0 aromatic heterocycles. The molecule has 0 aliphatic heterocycles. The van der Waals surface area contributed by atoms with Gasteiger partial charge in [-0.25, -0.2) is 0 Å². The summed E-state index contributed by atoms with van der Waals surface area (Å²) in [4.78, 5) is 17.5. The summed E-state index contributed by atoms with van der Waals surface area (Å²) in [6.07, 6.45) is 3.92. The lowest BCUT2D eigenvalue weighted by Crippen LogP contribution is -2.56. The topological polar surface area (TPSA) is 112 Å². The van der Waals surface area contributed by atoms with Gasteiger partial charge in [-0.15, -0.1) is 0 Å². The highest BCUT2D eigenvalue weighted by Crippen LogP contribution is 2.62. The summed E-state index contributed by atoms with van der Waals surface area (Å²) in [5.41, 5.74) is 6.81. The maximum absolute atomic E-state index is 13.3. The Hall–Kier alpha value is -1.99. The van der Waals surface area contributed by atoms with Crippen LogP contribution in [0, 0.1) is 16.7 Å². The summed E-state index contributed by atoms with van der Waals surface area (Å²) >= 11 is 5.92. The van der Waals surface area contributed by atoms with Crippen molar-refractivity contribution >= 4 is 29.0 Å². The molecule has 4 N–H and O–H groups in total. The summed E-state index contributed by atoms with van der Waals surface area (Å²) in [5.74, 6) is 0.423. The number of nitrogens with one attached hydrogen (secondary N) is 1. The number of carbonyl (C=O) groups excluding carboxylic acids is 1. The van der Waals surface area contributed by atoms with Crippen molar-refractivity contribution in [3.8, 4) is 0 Å². The van der Waals surface area contributed by atoms with E-state index in [2.05, 4.69) is 41.3 Å². The molecule has 30 heavy (non-hydrogen) atoms. The quantitative estimate of drug-likeness (QED) is 0.250. The zero-order valence-corrected chi connectivity index (χ0v) is 18.7. The number of nitrogens with two attached hydrogens (primary N) is 1. The van der Waals surface area contributed by atoms with Crippen molar-refractivity contribution in [2.24, 2.45) is 37.7 Å². The normalized spacial score (nSPS) is 28.8. The lowest BCUT2D eigenvalue weighted by molar-refractivity contribution is -0.123. The Morgan fingerprint density at radius 1 is 1.33 bits per heavy atom. The van der Waals surface area contributed by atoms with Gasteiger partial charge in [0.05, 0.1) is 5.69 Å². The van der Waals surface area contributed by atoms with Crippen molar-refractivity contribution in [1.82, 2.24) is 5.32 Å². The van der Waals surface area contributed by atoms with Crippen LogP contribution in [-0.4, -0.2) is 42.1 Å². The summed E-state index contributed by atoms with van der Waals surface area (Å²) in [7, 11) is 0. The van der Waals surface area contributed by atoms with E-state index in [0.717, 1.165) is 12.8 Å². The van der Waals surface area contributed by atoms with Crippen molar-refractivity contribution in [2.75, 3.05) is 13.2 Å². The molecule has 1 amide bonds. The van der Waals surface area contributed by atoms with Crippen LogP contribution in [0.5, 0.6) is 0 Å². The average molecular weight is 434 g/mol. The molecular weight excluding hydrogens is 402 g/mol. The van der Waals surface area contributed by atoms with Crippen LogP contribution in [0.15, 0.2) is 39.5 Å². The van der Waals surface area contributed by atoms with E-state index in [4.69, 9.17) is 22.4 Å². The summed E-state index contributed by atoms with van der Waals surface area (Å²) < 4.78 is 0. The molecule has 2 aliphatic rings. The minimum Gasteiger partial charge on any atom is -0.396 e. The van der Waals surface area contributed by atoms with Crippen LogP contribution in [0.1, 0.15) is 46.5 Å². The van der Waals surface area contributed by atoms with Crippen molar-refractivity contribution in [1.29, 1.82) is 0 Å². The van der Waals surface area contributed by atoms with Gasteiger partial charge in [0.25, 0.3) is 5.91 Å². The van der Waals surface area contributed by atoms with Gasteiger partial charge in [-0.3, -0.25) is 9.79 Å². The first-order valence-electron chi connectivity index (χ1n) is 10.5. The maximum atomic E-state index is 13.3. The maximum Gasteiger partial charge on any atom is 0.254 e. The van der Waals surface area contributed by atoms with Gasteiger partial charge in [-0.2, -0.15) is 10.2 Å². The van der Waals surface area contributed by atoms with E-state index in [1.807, 2.05) is 0 Å². The zero-order chi connectivity index (χ0) is 21.9. The van der Waals surface area contributed by atoms with Crippen molar-refractivity contribution in [2.45, 2.75) is 58.5 Å². The van der Waals surface area contributed by atoms with Gasteiger partial charge >= 0.3 is 0 Å². The Bertz CT molecular complexity index is 819. The van der Waals surface area contributed by atoms with Gasteiger partial charge < -0.3 is 16.2 Å². The molecule has 2 bridgehead atoms. The van der Waals surface area contributed by atoms with E-state index in [9.17, 15) is 4.79 Å². The smallest absolute Gasteiger partial charge is 0.254 e. The van der Waals surface area contributed by atoms with Crippen LogP contribution in [0.4, 0.5) is 5.69 Å². The van der Waals surface area contributed by atoms with E-state index in [-0.39, 0.29) is 35.2 Å². The second-order valence-corrected chi connectivity index (χ2v) is 9.77. The number of benzene rings is 1.